The second-order valence-electron chi connectivity index (χ2n) is 6.28. The summed E-state index contributed by atoms with van der Waals surface area (Å²) in [5.41, 5.74) is 3.34. The van der Waals surface area contributed by atoms with Crippen LogP contribution in [0.1, 0.15) is 21.5 Å². The molecule has 1 N–H and O–H groups in total. The monoisotopic (exact) mass is 393 g/mol. The van der Waals surface area contributed by atoms with Gasteiger partial charge in [0.1, 0.15) is 18.1 Å². The Morgan fingerprint density at radius 3 is 2.50 bits per heavy atom. The van der Waals surface area contributed by atoms with Crippen LogP contribution in [0.2, 0.25) is 0 Å². The van der Waals surface area contributed by atoms with Crippen molar-refractivity contribution in [2.24, 2.45) is 0 Å². The molecule has 3 aromatic rings. The highest BCUT2D eigenvalue weighted by atomic mass is 32.2. The minimum Gasteiger partial charge on any atom is -0.496 e. The van der Waals surface area contributed by atoms with Gasteiger partial charge in [0.15, 0.2) is 0 Å². The third-order valence-electron chi connectivity index (χ3n) is 4.31. The first-order valence-corrected chi connectivity index (χ1v) is 10.1. The second-order valence-corrected chi connectivity index (χ2v) is 7.13. The number of methoxy groups -OCH3 is 1. The lowest BCUT2D eigenvalue weighted by atomic mass is 10.1. The fraction of sp³-hybridized carbons (Fsp3) is 0.174. The highest BCUT2D eigenvalue weighted by Crippen LogP contribution is 2.26. The fourth-order valence-electron chi connectivity index (χ4n) is 2.77. The number of ether oxygens (including phenoxy) is 2. The van der Waals surface area contributed by atoms with Crippen LogP contribution in [0, 0.1) is 6.92 Å². The minimum absolute atomic E-state index is 0.166. The first-order valence-electron chi connectivity index (χ1n) is 8.91. The number of para-hydroxylation sites is 1. The molecule has 0 saturated carbocycles. The molecule has 0 aliphatic rings. The molecule has 4 nitrogen and oxygen atoms in total. The smallest absolute Gasteiger partial charge is 0.255 e. The van der Waals surface area contributed by atoms with Crippen LogP contribution in [0.4, 0.5) is 5.69 Å². The van der Waals surface area contributed by atoms with Crippen molar-refractivity contribution in [3.63, 3.8) is 0 Å². The van der Waals surface area contributed by atoms with Gasteiger partial charge in [0.25, 0.3) is 5.91 Å². The molecule has 1 amide bonds. The normalized spacial score (nSPS) is 10.4. The maximum absolute atomic E-state index is 12.7. The average molecular weight is 394 g/mol. The molecule has 0 saturated heterocycles. The van der Waals surface area contributed by atoms with Gasteiger partial charge < -0.3 is 14.8 Å². The van der Waals surface area contributed by atoms with Crippen LogP contribution >= 0.6 is 11.8 Å². The number of rotatable bonds is 7. The van der Waals surface area contributed by atoms with E-state index in [4.69, 9.17) is 9.47 Å². The number of nitrogens with one attached hydrogen (secondary N) is 1. The van der Waals surface area contributed by atoms with E-state index in [2.05, 4.69) is 5.32 Å². The zero-order valence-corrected chi connectivity index (χ0v) is 17.0. The van der Waals surface area contributed by atoms with E-state index < -0.39 is 0 Å². The van der Waals surface area contributed by atoms with E-state index in [9.17, 15) is 4.79 Å². The molecule has 0 aromatic heterocycles. The molecule has 0 unspecified atom stereocenters. The lowest BCUT2D eigenvalue weighted by Crippen LogP contribution is -2.13. The van der Waals surface area contributed by atoms with E-state index in [0.717, 1.165) is 21.9 Å². The van der Waals surface area contributed by atoms with Gasteiger partial charge in [-0.2, -0.15) is 0 Å². The number of amides is 1. The molecule has 0 spiro atoms. The van der Waals surface area contributed by atoms with Crippen molar-refractivity contribution >= 4 is 23.4 Å². The van der Waals surface area contributed by atoms with Crippen molar-refractivity contribution in [1.29, 1.82) is 0 Å². The van der Waals surface area contributed by atoms with Crippen LogP contribution in [-0.4, -0.2) is 19.3 Å². The molecule has 0 aliphatic carbocycles. The zero-order chi connectivity index (χ0) is 19.9. The highest BCUT2D eigenvalue weighted by Gasteiger charge is 2.13. The molecule has 0 atom stereocenters. The molecule has 0 radical (unpaired) electrons. The third kappa shape index (κ3) is 4.87. The van der Waals surface area contributed by atoms with Gasteiger partial charge in [0, 0.05) is 16.0 Å². The van der Waals surface area contributed by atoms with Gasteiger partial charge in [-0.3, -0.25) is 4.79 Å². The lowest BCUT2D eigenvalue weighted by molar-refractivity contribution is 0.102. The van der Waals surface area contributed by atoms with Gasteiger partial charge in [0.05, 0.1) is 12.8 Å². The van der Waals surface area contributed by atoms with Crippen molar-refractivity contribution in [2.75, 3.05) is 18.7 Å². The standard InChI is InChI=1S/C23H23NO3S/c1-16-8-11-19(12-9-16)27-15-18-14-17(10-13-21(18)26-2)23(25)24-20-6-4-5-7-22(20)28-3/h4-14H,15H2,1-3H3,(H,24,25). The molecular formula is C23H23NO3S. The highest BCUT2D eigenvalue weighted by molar-refractivity contribution is 7.98. The maximum atomic E-state index is 12.7. The van der Waals surface area contributed by atoms with E-state index in [1.54, 1.807) is 31.0 Å². The number of hydrogen-bond donors (Lipinski definition) is 1. The number of anilines is 1. The first-order chi connectivity index (χ1) is 13.6. The summed E-state index contributed by atoms with van der Waals surface area (Å²) in [6.45, 7) is 2.35. The number of benzene rings is 3. The second kappa shape index (κ2) is 9.33. The first kappa shape index (κ1) is 19.8. The molecule has 3 aromatic carbocycles. The van der Waals surface area contributed by atoms with Gasteiger partial charge in [-0.15, -0.1) is 11.8 Å². The Labute approximate surface area is 169 Å². The summed E-state index contributed by atoms with van der Waals surface area (Å²) in [6.07, 6.45) is 1.99. The van der Waals surface area contributed by atoms with E-state index in [1.165, 1.54) is 5.56 Å². The Morgan fingerprint density at radius 1 is 1.04 bits per heavy atom. The number of carbonyl (C=O) groups excluding carboxylic acids is 1. The summed E-state index contributed by atoms with van der Waals surface area (Å²) in [4.78, 5) is 13.8. The van der Waals surface area contributed by atoms with Crippen LogP contribution in [0.25, 0.3) is 0 Å². The van der Waals surface area contributed by atoms with Crippen molar-refractivity contribution < 1.29 is 14.3 Å². The minimum atomic E-state index is -0.166. The van der Waals surface area contributed by atoms with Crippen molar-refractivity contribution in [2.45, 2.75) is 18.4 Å². The van der Waals surface area contributed by atoms with E-state index in [0.29, 0.717) is 17.9 Å². The topological polar surface area (TPSA) is 47.6 Å². The molecule has 0 aliphatic heterocycles. The Hall–Kier alpha value is -2.92. The van der Waals surface area contributed by atoms with Crippen LogP contribution in [0.5, 0.6) is 11.5 Å². The quantitative estimate of drug-likeness (QED) is 0.534. The van der Waals surface area contributed by atoms with Crippen molar-refractivity contribution in [1.82, 2.24) is 0 Å². The van der Waals surface area contributed by atoms with Crippen molar-refractivity contribution in [3.8, 4) is 11.5 Å². The SMILES string of the molecule is COc1ccc(C(=O)Nc2ccccc2SC)cc1COc1ccc(C)cc1. The van der Waals surface area contributed by atoms with E-state index in [-0.39, 0.29) is 5.91 Å². The van der Waals surface area contributed by atoms with Crippen molar-refractivity contribution in [3.05, 3.63) is 83.4 Å². The van der Waals surface area contributed by atoms with Gasteiger partial charge in [0.2, 0.25) is 0 Å². The zero-order valence-electron chi connectivity index (χ0n) is 16.2. The van der Waals surface area contributed by atoms with E-state index in [1.807, 2.05) is 67.8 Å². The molecule has 28 heavy (non-hydrogen) atoms. The van der Waals surface area contributed by atoms with Crippen LogP contribution in [-0.2, 0) is 6.61 Å². The molecule has 0 fully saturated rings. The number of hydrogen-bond acceptors (Lipinski definition) is 4. The van der Waals surface area contributed by atoms with Gasteiger partial charge in [-0.25, -0.2) is 0 Å². The summed E-state index contributed by atoms with van der Waals surface area (Å²) < 4.78 is 11.3. The maximum Gasteiger partial charge on any atom is 0.255 e. The molecule has 0 heterocycles. The number of carbonyl (C=O) groups is 1. The summed E-state index contributed by atoms with van der Waals surface area (Å²) in [6, 6.07) is 21.0. The Bertz CT molecular complexity index is 954. The summed E-state index contributed by atoms with van der Waals surface area (Å²) >= 11 is 1.59. The molecule has 0 bridgehead atoms. The summed E-state index contributed by atoms with van der Waals surface area (Å²) in [5, 5.41) is 2.98. The summed E-state index contributed by atoms with van der Waals surface area (Å²) in [5.74, 6) is 1.30. The summed E-state index contributed by atoms with van der Waals surface area (Å²) in [7, 11) is 1.61. The largest absolute Gasteiger partial charge is 0.496 e. The lowest BCUT2D eigenvalue weighted by Gasteiger charge is -2.13. The fourth-order valence-corrected chi connectivity index (χ4v) is 3.32. The Kier molecular flexibility index (Phi) is 6.61. The van der Waals surface area contributed by atoms with E-state index >= 15 is 0 Å². The number of thioether (sulfide) groups is 1. The third-order valence-corrected chi connectivity index (χ3v) is 5.11. The van der Waals surface area contributed by atoms with Gasteiger partial charge in [-0.1, -0.05) is 29.8 Å². The average Bonchev–Trinajstić information content (AvgIpc) is 2.73. The van der Waals surface area contributed by atoms with Crippen LogP contribution in [0.3, 0.4) is 0 Å². The van der Waals surface area contributed by atoms with Gasteiger partial charge in [-0.05, 0) is 55.6 Å². The predicted molar refractivity (Wildman–Crippen MR) is 115 cm³/mol. The number of aryl methyl sites for hydroxylation is 1. The molecular weight excluding hydrogens is 370 g/mol. The predicted octanol–water partition coefficient (Wildman–Crippen LogP) is 5.56. The molecule has 144 valence electrons. The van der Waals surface area contributed by atoms with Crippen LogP contribution < -0.4 is 14.8 Å². The Morgan fingerprint density at radius 2 is 1.79 bits per heavy atom. The van der Waals surface area contributed by atoms with Crippen LogP contribution in [0.15, 0.2) is 71.6 Å². The molecule has 3 rings (SSSR count). The Balaban J connectivity index is 1.77. The molecule has 5 heteroatoms. The van der Waals surface area contributed by atoms with Gasteiger partial charge >= 0.3 is 0 Å².